The third kappa shape index (κ3) is 4.90. The number of amides is 3. The van der Waals surface area contributed by atoms with Gasteiger partial charge in [-0.15, -0.1) is 0 Å². The highest BCUT2D eigenvalue weighted by Crippen LogP contribution is 2.19. The molecule has 0 aromatic carbocycles. The molecule has 3 amide bonds. The van der Waals surface area contributed by atoms with E-state index in [4.69, 9.17) is 10.8 Å². The van der Waals surface area contributed by atoms with Gasteiger partial charge in [-0.05, 0) is 26.7 Å². The van der Waals surface area contributed by atoms with Gasteiger partial charge in [-0.3, -0.25) is 14.4 Å². The summed E-state index contributed by atoms with van der Waals surface area (Å²) in [6.45, 7) is 2.68. The Morgan fingerprint density at radius 3 is 2.38 bits per heavy atom. The van der Waals surface area contributed by atoms with Crippen LogP contribution in [0.3, 0.4) is 0 Å². The van der Waals surface area contributed by atoms with Gasteiger partial charge >= 0.3 is 5.97 Å². The lowest BCUT2D eigenvalue weighted by molar-refractivity contribution is -0.150. The average Bonchev–Trinajstić information content (AvgIpc) is 3.00. The van der Waals surface area contributed by atoms with Gasteiger partial charge in [0.15, 0.2) is 0 Å². The van der Waals surface area contributed by atoms with E-state index in [0.29, 0.717) is 12.8 Å². The molecule has 1 saturated heterocycles. The van der Waals surface area contributed by atoms with Crippen LogP contribution in [0.25, 0.3) is 0 Å². The molecule has 4 unspecified atom stereocenters. The number of carboxylic acids is 1. The monoisotopic (exact) mass is 344 g/mol. The zero-order valence-corrected chi connectivity index (χ0v) is 13.7. The lowest BCUT2D eigenvalue weighted by atomic mass is 10.1. The number of nitrogens with two attached hydrogens (primary N) is 1. The minimum absolute atomic E-state index is 0.244. The van der Waals surface area contributed by atoms with Crippen molar-refractivity contribution in [3.05, 3.63) is 0 Å². The second kappa shape index (κ2) is 8.60. The van der Waals surface area contributed by atoms with Gasteiger partial charge in [-0.1, -0.05) is 0 Å². The van der Waals surface area contributed by atoms with Gasteiger partial charge in [0, 0.05) is 6.54 Å². The maximum atomic E-state index is 12.5. The molecule has 24 heavy (non-hydrogen) atoms. The Hall–Kier alpha value is -2.20. The highest BCUT2D eigenvalue weighted by molar-refractivity contribution is 5.93. The van der Waals surface area contributed by atoms with Gasteiger partial charge in [-0.2, -0.15) is 0 Å². The number of aliphatic hydroxyl groups excluding tert-OH is 1. The van der Waals surface area contributed by atoms with Crippen molar-refractivity contribution in [2.24, 2.45) is 5.73 Å². The lowest BCUT2D eigenvalue weighted by Crippen LogP contribution is -2.58. The first-order valence-corrected chi connectivity index (χ1v) is 7.70. The SMILES string of the molecule is CC(NC(=O)CN)C(=O)NC(C(=O)N1CCCC1C(=O)O)C(C)O. The Morgan fingerprint density at radius 1 is 1.25 bits per heavy atom. The van der Waals surface area contributed by atoms with Crippen molar-refractivity contribution in [2.45, 2.75) is 50.9 Å². The summed E-state index contributed by atoms with van der Waals surface area (Å²) in [6.07, 6.45) is -0.370. The maximum absolute atomic E-state index is 12.5. The van der Waals surface area contributed by atoms with E-state index in [1.807, 2.05) is 0 Å². The van der Waals surface area contributed by atoms with Crippen LogP contribution in [0.15, 0.2) is 0 Å². The zero-order chi connectivity index (χ0) is 18.4. The molecule has 4 atom stereocenters. The molecular formula is C14H24N4O6. The number of likely N-dealkylation sites (tertiary alicyclic amines) is 1. The van der Waals surface area contributed by atoms with Crippen LogP contribution in [-0.2, 0) is 19.2 Å². The predicted molar refractivity (Wildman–Crippen MR) is 82.6 cm³/mol. The Bertz CT molecular complexity index is 509. The van der Waals surface area contributed by atoms with Crippen LogP contribution >= 0.6 is 0 Å². The van der Waals surface area contributed by atoms with Crippen LogP contribution in [0.2, 0.25) is 0 Å². The number of hydrogen-bond donors (Lipinski definition) is 5. The zero-order valence-electron chi connectivity index (χ0n) is 13.7. The minimum Gasteiger partial charge on any atom is -0.480 e. The number of nitrogens with one attached hydrogen (secondary N) is 2. The number of aliphatic hydroxyl groups is 1. The summed E-state index contributed by atoms with van der Waals surface area (Å²) in [5.41, 5.74) is 5.14. The van der Waals surface area contributed by atoms with Crippen molar-refractivity contribution >= 4 is 23.7 Å². The number of carbonyl (C=O) groups excluding carboxylic acids is 3. The summed E-state index contributed by atoms with van der Waals surface area (Å²) < 4.78 is 0. The van der Waals surface area contributed by atoms with Gasteiger partial charge in [0.2, 0.25) is 17.7 Å². The molecule has 0 aromatic rings. The topological polar surface area (TPSA) is 162 Å². The highest BCUT2D eigenvalue weighted by Gasteiger charge is 2.39. The van der Waals surface area contributed by atoms with E-state index in [9.17, 15) is 24.3 Å². The molecule has 10 nitrogen and oxygen atoms in total. The molecule has 0 radical (unpaired) electrons. The largest absolute Gasteiger partial charge is 0.480 e. The van der Waals surface area contributed by atoms with Crippen molar-refractivity contribution in [1.29, 1.82) is 0 Å². The van der Waals surface area contributed by atoms with Gasteiger partial charge in [0.25, 0.3) is 0 Å². The second-order valence-electron chi connectivity index (χ2n) is 5.75. The van der Waals surface area contributed by atoms with Gasteiger partial charge in [0.05, 0.1) is 12.6 Å². The summed E-state index contributed by atoms with van der Waals surface area (Å²) in [7, 11) is 0. The fraction of sp³-hybridized carbons (Fsp3) is 0.714. The quantitative estimate of drug-likeness (QED) is 0.338. The highest BCUT2D eigenvalue weighted by atomic mass is 16.4. The molecule has 0 saturated carbocycles. The number of aliphatic carboxylic acids is 1. The van der Waals surface area contributed by atoms with Crippen molar-refractivity contribution in [3.8, 4) is 0 Å². The molecule has 6 N–H and O–H groups in total. The molecule has 10 heteroatoms. The van der Waals surface area contributed by atoms with Crippen molar-refractivity contribution < 1.29 is 29.4 Å². The Labute approximate surface area is 139 Å². The molecular weight excluding hydrogens is 320 g/mol. The van der Waals surface area contributed by atoms with Gasteiger partial charge in [0.1, 0.15) is 18.1 Å². The van der Waals surface area contributed by atoms with Crippen molar-refractivity contribution in [3.63, 3.8) is 0 Å². The standard InChI is InChI=1S/C14H24N4O6/c1-7(16-10(20)6-15)12(21)17-11(8(2)19)13(22)18-5-3-4-9(18)14(23)24/h7-9,11,19H,3-6,15H2,1-2H3,(H,16,20)(H,17,21)(H,23,24). The van der Waals surface area contributed by atoms with E-state index in [2.05, 4.69) is 10.6 Å². The summed E-state index contributed by atoms with van der Waals surface area (Å²) >= 11 is 0. The van der Waals surface area contributed by atoms with Crippen LogP contribution in [-0.4, -0.2) is 76.1 Å². The third-order valence-corrected chi connectivity index (χ3v) is 3.82. The first kappa shape index (κ1) is 19.8. The smallest absolute Gasteiger partial charge is 0.326 e. The molecule has 1 heterocycles. The first-order valence-electron chi connectivity index (χ1n) is 7.70. The van der Waals surface area contributed by atoms with E-state index < -0.39 is 47.9 Å². The normalized spacial score (nSPS) is 20.8. The Morgan fingerprint density at radius 2 is 1.88 bits per heavy atom. The minimum atomic E-state index is -1.30. The van der Waals surface area contributed by atoms with E-state index in [0.717, 1.165) is 4.90 Å². The Balaban J connectivity index is 2.79. The van der Waals surface area contributed by atoms with Crippen LogP contribution in [0, 0.1) is 0 Å². The molecule has 1 rings (SSSR count). The van der Waals surface area contributed by atoms with Crippen molar-refractivity contribution in [2.75, 3.05) is 13.1 Å². The molecule has 1 aliphatic heterocycles. The van der Waals surface area contributed by atoms with E-state index in [1.165, 1.54) is 13.8 Å². The lowest BCUT2D eigenvalue weighted by Gasteiger charge is -2.29. The van der Waals surface area contributed by atoms with E-state index in [1.54, 1.807) is 0 Å². The van der Waals surface area contributed by atoms with Gasteiger partial charge < -0.3 is 31.5 Å². The molecule has 1 fully saturated rings. The van der Waals surface area contributed by atoms with E-state index >= 15 is 0 Å². The fourth-order valence-corrected chi connectivity index (χ4v) is 2.50. The fourth-order valence-electron chi connectivity index (χ4n) is 2.50. The molecule has 0 bridgehead atoms. The van der Waals surface area contributed by atoms with Gasteiger partial charge in [-0.25, -0.2) is 4.79 Å². The average molecular weight is 344 g/mol. The number of carboxylic acid groups (broad SMARTS) is 1. The molecule has 0 aliphatic carbocycles. The molecule has 1 aliphatic rings. The first-order chi connectivity index (χ1) is 11.2. The number of nitrogens with zero attached hydrogens (tertiary/aromatic N) is 1. The van der Waals surface area contributed by atoms with Crippen LogP contribution < -0.4 is 16.4 Å². The summed E-state index contributed by atoms with van der Waals surface area (Å²) in [4.78, 5) is 48.1. The molecule has 0 aromatic heterocycles. The summed E-state index contributed by atoms with van der Waals surface area (Å²) in [6, 6.07) is -3.22. The van der Waals surface area contributed by atoms with Crippen LogP contribution in [0.5, 0.6) is 0 Å². The second-order valence-corrected chi connectivity index (χ2v) is 5.75. The van der Waals surface area contributed by atoms with Crippen LogP contribution in [0.4, 0.5) is 0 Å². The number of hydrogen-bond acceptors (Lipinski definition) is 6. The molecule has 0 spiro atoms. The van der Waals surface area contributed by atoms with Crippen molar-refractivity contribution in [1.82, 2.24) is 15.5 Å². The summed E-state index contributed by atoms with van der Waals surface area (Å²) in [5, 5.41) is 23.6. The number of rotatable bonds is 7. The number of carbonyl (C=O) groups is 4. The van der Waals surface area contributed by atoms with Crippen LogP contribution in [0.1, 0.15) is 26.7 Å². The van der Waals surface area contributed by atoms with E-state index in [-0.39, 0.29) is 13.1 Å². The summed E-state index contributed by atoms with van der Waals surface area (Å²) in [5.74, 6) is -3.01. The third-order valence-electron chi connectivity index (χ3n) is 3.82. The molecule has 136 valence electrons. The Kier molecular flexibility index (Phi) is 7.11. The maximum Gasteiger partial charge on any atom is 0.326 e. The predicted octanol–water partition coefficient (Wildman–Crippen LogP) is -2.61.